The number of pyridine rings is 1. The van der Waals surface area contributed by atoms with Crippen LogP contribution < -0.4 is 5.32 Å². The molecule has 1 aliphatic rings. The molecule has 6 nitrogen and oxygen atoms in total. The Morgan fingerprint density at radius 1 is 1.32 bits per heavy atom. The number of rotatable bonds is 4. The molecule has 0 unspecified atom stereocenters. The molecule has 0 aliphatic heterocycles. The molecule has 0 spiro atoms. The van der Waals surface area contributed by atoms with Gasteiger partial charge in [-0.25, -0.2) is 23.3 Å². The Labute approximate surface area is 149 Å². The van der Waals surface area contributed by atoms with Crippen molar-refractivity contribution >= 4 is 33.3 Å². The van der Waals surface area contributed by atoms with Gasteiger partial charge in [0.05, 0.1) is 6.20 Å². The van der Waals surface area contributed by atoms with Crippen LogP contribution in [0.4, 0.5) is 14.6 Å². The maximum absolute atomic E-state index is 13.4. The van der Waals surface area contributed by atoms with Crippen molar-refractivity contribution in [1.82, 2.24) is 19.6 Å². The highest BCUT2D eigenvalue weighted by atomic mass is 79.9. The van der Waals surface area contributed by atoms with Gasteiger partial charge in [0.25, 0.3) is 12.3 Å². The number of nitrogens with one attached hydrogen (secondary N) is 1. The summed E-state index contributed by atoms with van der Waals surface area (Å²) in [6.07, 6.45) is 1.93. The number of carbonyl (C=O) groups is 1. The van der Waals surface area contributed by atoms with Gasteiger partial charge in [-0.2, -0.15) is 5.10 Å². The standard InChI is InChI=1S/C16H12BrF2N5O/c17-9-3-4-13(20-6-9)23-16(25)10-7-21-24-12(14(18)19)5-11(8-1-2-8)22-15(10)24/h3-8,14H,1-2H2,(H,20,23,25). The fourth-order valence-corrected chi connectivity index (χ4v) is 2.78. The molecule has 1 aliphatic carbocycles. The number of alkyl halides is 2. The number of aromatic nitrogens is 4. The molecular formula is C16H12BrF2N5O. The van der Waals surface area contributed by atoms with E-state index >= 15 is 0 Å². The van der Waals surface area contributed by atoms with Crippen LogP contribution in [-0.2, 0) is 0 Å². The lowest BCUT2D eigenvalue weighted by atomic mass is 10.2. The molecule has 1 amide bonds. The number of hydrogen-bond donors (Lipinski definition) is 1. The summed E-state index contributed by atoms with van der Waals surface area (Å²) in [5.74, 6) is 0.0342. The van der Waals surface area contributed by atoms with Crippen molar-refractivity contribution in [1.29, 1.82) is 0 Å². The van der Waals surface area contributed by atoms with E-state index in [0.29, 0.717) is 11.5 Å². The van der Waals surface area contributed by atoms with E-state index in [4.69, 9.17) is 0 Å². The van der Waals surface area contributed by atoms with Crippen LogP contribution >= 0.6 is 15.9 Å². The number of halogens is 3. The van der Waals surface area contributed by atoms with Crippen LogP contribution in [0.3, 0.4) is 0 Å². The zero-order valence-corrected chi connectivity index (χ0v) is 14.4. The number of carbonyl (C=O) groups excluding carboxylic acids is 1. The molecule has 4 rings (SSSR count). The third kappa shape index (κ3) is 3.11. The van der Waals surface area contributed by atoms with Crippen LogP contribution in [0.15, 0.2) is 35.1 Å². The van der Waals surface area contributed by atoms with Crippen LogP contribution in [0.25, 0.3) is 5.65 Å². The Balaban J connectivity index is 1.74. The van der Waals surface area contributed by atoms with Crippen LogP contribution in [0.5, 0.6) is 0 Å². The number of anilines is 1. The highest BCUT2D eigenvalue weighted by Crippen LogP contribution is 2.40. The Kier molecular flexibility index (Phi) is 3.95. The van der Waals surface area contributed by atoms with E-state index < -0.39 is 12.3 Å². The normalized spacial score (nSPS) is 14.2. The van der Waals surface area contributed by atoms with E-state index in [2.05, 4.69) is 36.3 Å². The second-order valence-electron chi connectivity index (χ2n) is 5.79. The maximum atomic E-state index is 13.4. The molecule has 1 saturated carbocycles. The van der Waals surface area contributed by atoms with Crippen LogP contribution in [0.2, 0.25) is 0 Å². The van der Waals surface area contributed by atoms with E-state index in [9.17, 15) is 13.6 Å². The average Bonchev–Trinajstić information content (AvgIpc) is 3.35. The molecule has 3 aromatic heterocycles. The van der Waals surface area contributed by atoms with Gasteiger partial charge >= 0.3 is 0 Å². The van der Waals surface area contributed by atoms with E-state index in [1.807, 2.05) is 0 Å². The Bertz CT molecular complexity index is 953. The molecule has 0 atom stereocenters. The van der Waals surface area contributed by atoms with Gasteiger partial charge in [0.1, 0.15) is 17.1 Å². The lowest BCUT2D eigenvalue weighted by molar-refractivity contribution is 0.102. The van der Waals surface area contributed by atoms with Crippen LogP contribution in [-0.4, -0.2) is 25.5 Å². The van der Waals surface area contributed by atoms with Gasteiger partial charge < -0.3 is 5.32 Å². The molecule has 0 bridgehead atoms. The Morgan fingerprint density at radius 2 is 2.12 bits per heavy atom. The van der Waals surface area contributed by atoms with Gasteiger partial charge in [0, 0.05) is 22.3 Å². The minimum Gasteiger partial charge on any atom is -0.306 e. The summed E-state index contributed by atoms with van der Waals surface area (Å²) < 4.78 is 28.5. The maximum Gasteiger partial charge on any atom is 0.280 e. The van der Waals surface area contributed by atoms with Crippen molar-refractivity contribution in [2.75, 3.05) is 5.32 Å². The second kappa shape index (κ2) is 6.14. The first-order valence-corrected chi connectivity index (χ1v) is 8.42. The van der Waals surface area contributed by atoms with Gasteiger partial charge in [-0.3, -0.25) is 4.79 Å². The van der Waals surface area contributed by atoms with Gasteiger partial charge in [-0.05, 0) is 47.0 Å². The largest absolute Gasteiger partial charge is 0.306 e. The molecule has 0 radical (unpaired) electrons. The highest BCUT2D eigenvalue weighted by molar-refractivity contribution is 9.10. The fraction of sp³-hybridized carbons (Fsp3) is 0.250. The predicted molar refractivity (Wildman–Crippen MR) is 89.8 cm³/mol. The fourth-order valence-electron chi connectivity index (χ4n) is 2.54. The van der Waals surface area contributed by atoms with Crippen molar-refractivity contribution in [2.24, 2.45) is 0 Å². The summed E-state index contributed by atoms with van der Waals surface area (Å²) in [7, 11) is 0. The van der Waals surface area contributed by atoms with Crippen molar-refractivity contribution in [3.8, 4) is 0 Å². The van der Waals surface area contributed by atoms with E-state index in [0.717, 1.165) is 21.8 Å². The third-order valence-electron chi connectivity index (χ3n) is 3.95. The highest BCUT2D eigenvalue weighted by Gasteiger charge is 2.29. The summed E-state index contributed by atoms with van der Waals surface area (Å²) in [6, 6.07) is 4.73. The molecule has 128 valence electrons. The average molecular weight is 408 g/mol. The molecule has 3 aromatic rings. The number of hydrogen-bond acceptors (Lipinski definition) is 4. The Morgan fingerprint density at radius 3 is 2.76 bits per heavy atom. The zero-order valence-electron chi connectivity index (χ0n) is 12.8. The summed E-state index contributed by atoms with van der Waals surface area (Å²) in [6.45, 7) is 0. The van der Waals surface area contributed by atoms with Crippen molar-refractivity contribution in [3.05, 3.63) is 52.0 Å². The molecular weight excluding hydrogens is 396 g/mol. The lowest BCUT2D eigenvalue weighted by Gasteiger charge is -2.08. The smallest absolute Gasteiger partial charge is 0.280 e. The first-order chi connectivity index (χ1) is 12.0. The molecule has 1 N–H and O–H groups in total. The SMILES string of the molecule is O=C(Nc1ccc(Br)cn1)c1cnn2c(C(F)F)cc(C3CC3)nc12. The lowest BCUT2D eigenvalue weighted by Crippen LogP contribution is -2.13. The number of nitrogens with zero attached hydrogens (tertiary/aromatic N) is 4. The molecule has 9 heteroatoms. The number of fused-ring (bicyclic) bond motifs is 1. The van der Waals surface area contributed by atoms with Gasteiger partial charge in [-0.1, -0.05) is 0 Å². The summed E-state index contributed by atoms with van der Waals surface area (Å²) in [5.41, 5.74) is 0.593. The predicted octanol–water partition coefficient (Wildman–Crippen LogP) is 3.95. The van der Waals surface area contributed by atoms with Crippen molar-refractivity contribution in [2.45, 2.75) is 25.2 Å². The molecule has 0 saturated heterocycles. The molecule has 3 heterocycles. The zero-order chi connectivity index (χ0) is 17.6. The van der Waals surface area contributed by atoms with Gasteiger partial charge in [0.15, 0.2) is 5.65 Å². The van der Waals surface area contributed by atoms with Crippen LogP contribution in [0.1, 0.15) is 46.9 Å². The molecule has 1 fully saturated rings. The quantitative estimate of drug-likeness (QED) is 0.710. The molecule has 25 heavy (non-hydrogen) atoms. The second-order valence-corrected chi connectivity index (χ2v) is 6.71. The van der Waals surface area contributed by atoms with Gasteiger partial charge in [0.2, 0.25) is 0 Å². The Hall–Kier alpha value is -2.42. The van der Waals surface area contributed by atoms with Gasteiger partial charge in [-0.15, -0.1) is 0 Å². The van der Waals surface area contributed by atoms with E-state index in [1.165, 1.54) is 12.3 Å². The van der Waals surface area contributed by atoms with Crippen LogP contribution in [0, 0.1) is 0 Å². The third-order valence-corrected chi connectivity index (χ3v) is 4.42. The topological polar surface area (TPSA) is 72.2 Å². The minimum absolute atomic E-state index is 0.133. The molecule has 0 aromatic carbocycles. The summed E-state index contributed by atoms with van der Waals surface area (Å²) >= 11 is 3.26. The number of amides is 1. The first kappa shape index (κ1) is 16.1. The van der Waals surface area contributed by atoms with E-state index in [-0.39, 0.29) is 22.8 Å². The summed E-state index contributed by atoms with van der Waals surface area (Å²) in [5, 5.41) is 6.55. The van der Waals surface area contributed by atoms with E-state index in [1.54, 1.807) is 18.3 Å². The monoisotopic (exact) mass is 407 g/mol. The van der Waals surface area contributed by atoms with Crippen molar-refractivity contribution in [3.63, 3.8) is 0 Å². The minimum atomic E-state index is -2.70. The summed E-state index contributed by atoms with van der Waals surface area (Å²) in [4.78, 5) is 21.0. The first-order valence-electron chi connectivity index (χ1n) is 7.62. The van der Waals surface area contributed by atoms with Crippen molar-refractivity contribution < 1.29 is 13.6 Å².